The van der Waals surface area contributed by atoms with Crippen molar-refractivity contribution in [2.45, 2.75) is 5.92 Å². The summed E-state index contributed by atoms with van der Waals surface area (Å²) >= 11 is 13.6. The number of thiophene rings is 1. The molecule has 0 aliphatic rings. The Labute approximate surface area is 171 Å². The molecule has 1 aromatic heterocycles. The fourth-order valence-corrected chi connectivity index (χ4v) is 4.74. The number of nitrogens with one attached hydrogen (secondary N) is 1. The number of hydrogen-bond donors (Lipinski definition) is 2. The molecule has 3 rings (SSSR count). The number of carbonyl (C=O) groups is 1. The minimum atomic E-state index is -2.49. The Hall–Kier alpha value is -1.75. The highest BCUT2D eigenvalue weighted by molar-refractivity contribution is 7.38. The van der Waals surface area contributed by atoms with Crippen LogP contribution in [0.25, 0.3) is 16.2 Å². The van der Waals surface area contributed by atoms with Gasteiger partial charge in [-0.05, 0) is 56.8 Å². The quantitative estimate of drug-likeness (QED) is 0.476. The van der Waals surface area contributed by atoms with Gasteiger partial charge < -0.3 is 5.32 Å². The first-order chi connectivity index (χ1) is 13.0. The summed E-state index contributed by atoms with van der Waals surface area (Å²) in [5, 5.41) is 6.46. The van der Waals surface area contributed by atoms with E-state index in [0.29, 0.717) is 15.6 Å². The molecular formula is C19H15Cl2NO3PS+. The number of carbonyl (C=O) groups excluding carboxylic acids is 1. The molecule has 0 saturated carbocycles. The van der Waals surface area contributed by atoms with Gasteiger partial charge in [0.1, 0.15) is 5.92 Å². The molecule has 2 unspecified atom stereocenters. The van der Waals surface area contributed by atoms with Crippen molar-refractivity contribution in [3.8, 4) is 0 Å². The van der Waals surface area contributed by atoms with Crippen LogP contribution >= 0.6 is 42.6 Å². The summed E-state index contributed by atoms with van der Waals surface area (Å²) < 4.78 is 12.4. The third kappa shape index (κ3) is 4.95. The van der Waals surface area contributed by atoms with E-state index in [4.69, 9.17) is 23.2 Å². The Balaban J connectivity index is 1.85. The zero-order valence-corrected chi connectivity index (χ0v) is 17.2. The molecule has 8 heteroatoms. The van der Waals surface area contributed by atoms with E-state index in [2.05, 4.69) is 5.32 Å². The van der Waals surface area contributed by atoms with Gasteiger partial charge in [0.2, 0.25) is 5.91 Å². The van der Waals surface area contributed by atoms with Crippen LogP contribution in [0.4, 0.5) is 0 Å². The van der Waals surface area contributed by atoms with Crippen molar-refractivity contribution in [3.05, 3.63) is 75.2 Å². The van der Waals surface area contributed by atoms with Crippen molar-refractivity contribution in [2.24, 2.45) is 0 Å². The molecule has 1 heterocycles. The van der Waals surface area contributed by atoms with Crippen molar-refractivity contribution in [2.75, 3.05) is 6.16 Å². The summed E-state index contributed by atoms with van der Waals surface area (Å²) in [7, 11) is -2.49. The summed E-state index contributed by atoms with van der Waals surface area (Å²) in [5.74, 6) is -1.13. The molecule has 0 saturated heterocycles. The van der Waals surface area contributed by atoms with Gasteiger partial charge in [0, 0.05) is 20.9 Å². The molecule has 138 valence electrons. The zero-order valence-electron chi connectivity index (χ0n) is 13.9. The highest BCUT2D eigenvalue weighted by Crippen LogP contribution is 2.36. The van der Waals surface area contributed by atoms with Gasteiger partial charge in [-0.15, -0.1) is 11.3 Å². The van der Waals surface area contributed by atoms with E-state index in [1.165, 1.54) is 17.5 Å². The van der Waals surface area contributed by atoms with Gasteiger partial charge in [0.25, 0.3) is 0 Å². The Kier molecular flexibility index (Phi) is 6.64. The summed E-state index contributed by atoms with van der Waals surface area (Å²) in [6.07, 6.45) is 3.00. The molecule has 0 aliphatic carbocycles. The number of amides is 1. The fourth-order valence-electron chi connectivity index (χ4n) is 2.69. The topological polar surface area (TPSA) is 66.4 Å². The Bertz CT molecular complexity index is 1030. The van der Waals surface area contributed by atoms with E-state index < -0.39 is 13.9 Å². The van der Waals surface area contributed by atoms with Crippen molar-refractivity contribution >= 4 is 64.6 Å². The maximum absolute atomic E-state index is 12.7. The second-order valence-electron chi connectivity index (χ2n) is 5.78. The van der Waals surface area contributed by atoms with Crippen LogP contribution in [0.2, 0.25) is 10.0 Å². The third-order valence-electron chi connectivity index (χ3n) is 3.99. The van der Waals surface area contributed by atoms with Gasteiger partial charge in [-0.1, -0.05) is 41.4 Å². The van der Waals surface area contributed by atoms with E-state index in [-0.39, 0.29) is 12.1 Å². The molecule has 0 spiro atoms. The van der Waals surface area contributed by atoms with Crippen LogP contribution in [0.15, 0.2) is 54.0 Å². The lowest BCUT2D eigenvalue weighted by Gasteiger charge is -2.10. The van der Waals surface area contributed by atoms with E-state index in [0.717, 1.165) is 15.6 Å². The molecule has 1 amide bonds. The highest BCUT2D eigenvalue weighted by Gasteiger charge is 2.31. The smallest absolute Gasteiger partial charge is 0.332 e. The summed E-state index contributed by atoms with van der Waals surface area (Å²) in [6.45, 7) is 0. The number of rotatable bonds is 6. The molecule has 4 nitrogen and oxygen atoms in total. The first-order valence-electron chi connectivity index (χ1n) is 7.97. The first kappa shape index (κ1) is 20.0. The Morgan fingerprint density at radius 2 is 2.04 bits per heavy atom. The monoisotopic (exact) mass is 438 g/mol. The zero-order chi connectivity index (χ0) is 19.4. The van der Waals surface area contributed by atoms with Crippen LogP contribution < -0.4 is 5.32 Å². The van der Waals surface area contributed by atoms with Gasteiger partial charge in [0.15, 0.2) is 6.16 Å². The highest BCUT2D eigenvalue weighted by atomic mass is 35.5. The largest absolute Gasteiger partial charge is 0.506 e. The summed E-state index contributed by atoms with van der Waals surface area (Å²) in [5.41, 5.74) is 1.45. The predicted octanol–water partition coefficient (Wildman–Crippen LogP) is 5.81. The van der Waals surface area contributed by atoms with Gasteiger partial charge in [-0.2, -0.15) is 4.89 Å². The molecule has 0 aliphatic heterocycles. The molecule has 0 fully saturated rings. The van der Waals surface area contributed by atoms with E-state index in [1.54, 1.807) is 24.3 Å². The SMILES string of the molecule is O=C(N/C=C/c1ccccc1Cl)C(C[P+](=O)O)c1csc2ccc(Cl)cc12. The fraction of sp³-hybridized carbons (Fsp3) is 0.105. The lowest BCUT2D eigenvalue weighted by molar-refractivity contribution is -0.121. The second kappa shape index (κ2) is 8.96. The summed E-state index contributed by atoms with van der Waals surface area (Å²) in [4.78, 5) is 22.1. The van der Waals surface area contributed by atoms with Crippen LogP contribution in [0.3, 0.4) is 0 Å². The standard InChI is InChI=1S/C19H14Cl2NO3PS/c20-13-5-6-18-14(9-13)16(11-27-18)15(10-26(24)25)19(23)22-8-7-12-3-1-2-4-17(12)21/h1-9,11,15H,10H2,(H-,22,23,24,25)/p+1/b8-7+. The van der Waals surface area contributed by atoms with Crippen molar-refractivity contribution in [3.63, 3.8) is 0 Å². The molecular weight excluding hydrogens is 424 g/mol. The van der Waals surface area contributed by atoms with Crippen molar-refractivity contribution < 1.29 is 14.3 Å². The Morgan fingerprint density at radius 3 is 2.78 bits per heavy atom. The Morgan fingerprint density at radius 1 is 1.26 bits per heavy atom. The van der Waals surface area contributed by atoms with Crippen LogP contribution in [-0.4, -0.2) is 17.0 Å². The van der Waals surface area contributed by atoms with Crippen LogP contribution in [0, 0.1) is 0 Å². The molecule has 27 heavy (non-hydrogen) atoms. The maximum Gasteiger partial charge on any atom is 0.506 e. The lowest BCUT2D eigenvalue weighted by Crippen LogP contribution is -2.26. The van der Waals surface area contributed by atoms with Gasteiger partial charge in [-0.25, -0.2) is 0 Å². The van der Waals surface area contributed by atoms with Crippen LogP contribution in [-0.2, 0) is 9.36 Å². The number of benzene rings is 2. The molecule has 0 bridgehead atoms. The lowest BCUT2D eigenvalue weighted by atomic mass is 9.99. The number of fused-ring (bicyclic) bond motifs is 1. The number of halogens is 2. The van der Waals surface area contributed by atoms with Crippen LogP contribution in [0.5, 0.6) is 0 Å². The summed E-state index contributed by atoms with van der Waals surface area (Å²) in [6, 6.07) is 12.7. The van der Waals surface area contributed by atoms with Gasteiger partial charge >= 0.3 is 8.03 Å². The first-order valence-corrected chi connectivity index (χ1v) is 11.0. The molecule has 3 aromatic rings. The van der Waals surface area contributed by atoms with Gasteiger partial charge in [0.05, 0.1) is 0 Å². The average Bonchev–Trinajstić information content (AvgIpc) is 3.03. The molecule has 2 atom stereocenters. The average molecular weight is 439 g/mol. The normalized spacial score (nSPS) is 13.1. The molecule has 2 N–H and O–H groups in total. The second-order valence-corrected chi connectivity index (χ2v) is 8.61. The minimum Gasteiger partial charge on any atom is -0.332 e. The maximum atomic E-state index is 12.7. The predicted molar refractivity (Wildman–Crippen MR) is 113 cm³/mol. The van der Waals surface area contributed by atoms with E-state index >= 15 is 0 Å². The third-order valence-corrected chi connectivity index (χ3v) is 6.23. The van der Waals surface area contributed by atoms with E-state index in [9.17, 15) is 14.3 Å². The van der Waals surface area contributed by atoms with Crippen molar-refractivity contribution in [1.29, 1.82) is 0 Å². The van der Waals surface area contributed by atoms with Crippen LogP contribution in [0.1, 0.15) is 17.0 Å². The molecule has 0 radical (unpaired) electrons. The molecule has 2 aromatic carbocycles. The van der Waals surface area contributed by atoms with Crippen molar-refractivity contribution in [1.82, 2.24) is 5.32 Å². The minimum absolute atomic E-state index is 0.167. The number of hydrogen-bond acceptors (Lipinski definition) is 3. The van der Waals surface area contributed by atoms with E-state index in [1.807, 2.05) is 29.6 Å². The van der Waals surface area contributed by atoms with Gasteiger partial charge in [-0.3, -0.25) is 4.79 Å².